The molecule has 1 aromatic heterocycles. The number of aryl methyl sites for hydroxylation is 1. The molecule has 0 aliphatic carbocycles. The van der Waals surface area contributed by atoms with Gasteiger partial charge in [-0.2, -0.15) is 18.3 Å². The number of carboxylic acid groups (broad SMARTS) is 1. The zero-order valence-electron chi connectivity index (χ0n) is 29.0. The quantitative estimate of drug-likeness (QED) is 0.137. The van der Waals surface area contributed by atoms with E-state index in [1.807, 2.05) is 36.5 Å². The summed E-state index contributed by atoms with van der Waals surface area (Å²) in [7, 11) is 1.91. The maximum atomic E-state index is 13.3. The highest BCUT2D eigenvalue weighted by Crippen LogP contribution is 2.39. The first-order chi connectivity index (χ1) is 23.5. The van der Waals surface area contributed by atoms with Gasteiger partial charge in [0, 0.05) is 37.9 Å². The minimum Gasteiger partial charge on any atom is -0.506 e. The minimum absolute atomic E-state index is 0.0101. The fourth-order valence-electron chi connectivity index (χ4n) is 5.03. The van der Waals surface area contributed by atoms with Crippen molar-refractivity contribution in [3.05, 3.63) is 59.9 Å². The highest BCUT2D eigenvalue weighted by molar-refractivity contribution is 5.97. The van der Waals surface area contributed by atoms with E-state index in [1.165, 1.54) is 5.56 Å². The molecule has 0 spiro atoms. The van der Waals surface area contributed by atoms with Gasteiger partial charge in [0.25, 0.3) is 5.91 Å². The maximum Gasteiger partial charge on any atom is 0.490 e. The van der Waals surface area contributed by atoms with Crippen molar-refractivity contribution in [1.29, 1.82) is 0 Å². The molecule has 0 radical (unpaired) electrons. The second kappa shape index (κ2) is 17.9. The molecule has 3 aromatic rings. The number of benzene rings is 2. The van der Waals surface area contributed by atoms with E-state index in [9.17, 15) is 27.9 Å². The molecule has 0 saturated heterocycles. The molecule has 0 bridgehead atoms. The van der Waals surface area contributed by atoms with Gasteiger partial charge in [0.2, 0.25) is 5.91 Å². The Morgan fingerprint density at radius 3 is 2.48 bits per heavy atom. The monoisotopic (exact) mass is 705 g/mol. The van der Waals surface area contributed by atoms with Crippen LogP contribution >= 0.6 is 0 Å². The van der Waals surface area contributed by atoms with E-state index < -0.39 is 12.1 Å². The summed E-state index contributed by atoms with van der Waals surface area (Å²) in [6.45, 7) is 11.3. The van der Waals surface area contributed by atoms with Crippen LogP contribution < -0.4 is 15.4 Å². The van der Waals surface area contributed by atoms with Crippen LogP contribution in [0, 0.1) is 5.41 Å². The molecule has 4 rings (SSSR count). The maximum absolute atomic E-state index is 13.3. The third-order valence-electron chi connectivity index (χ3n) is 8.17. The predicted octanol–water partition coefficient (Wildman–Crippen LogP) is 4.80. The smallest absolute Gasteiger partial charge is 0.490 e. The number of halogens is 3. The highest BCUT2D eigenvalue weighted by atomic mass is 19.4. The topological polar surface area (TPSA) is 155 Å². The molecule has 1 aliphatic heterocycles. The molecule has 0 saturated carbocycles. The van der Waals surface area contributed by atoms with E-state index in [0.29, 0.717) is 57.1 Å². The number of amides is 2. The molecule has 4 N–H and O–H groups in total. The number of carbonyl (C=O) groups is 3. The van der Waals surface area contributed by atoms with Gasteiger partial charge in [-0.15, -0.1) is 0 Å². The van der Waals surface area contributed by atoms with Gasteiger partial charge in [-0.1, -0.05) is 51.1 Å². The van der Waals surface area contributed by atoms with Crippen LogP contribution in [-0.2, 0) is 39.0 Å². The normalized spacial score (nSPS) is 13.3. The molecule has 15 heteroatoms. The number of hydrogen-bond donors (Lipinski definition) is 4. The van der Waals surface area contributed by atoms with E-state index in [1.54, 1.807) is 10.7 Å². The Morgan fingerprint density at radius 1 is 1.12 bits per heavy atom. The van der Waals surface area contributed by atoms with Gasteiger partial charge in [0.05, 0.1) is 25.8 Å². The summed E-state index contributed by atoms with van der Waals surface area (Å²) in [6.07, 6.45) is 0.537. The Labute approximate surface area is 289 Å². The number of rotatable bonds is 14. The van der Waals surface area contributed by atoms with Crippen molar-refractivity contribution in [3.8, 4) is 22.6 Å². The van der Waals surface area contributed by atoms with Crippen LogP contribution in [0.1, 0.15) is 45.2 Å². The average molecular weight is 706 g/mol. The molecular formula is C35H46F3N5O7. The van der Waals surface area contributed by atoms with E-state index in [2.05, 4.69) is 61.6 Å². The van der Waals surface area contributed by atoms with Gasteiger partial charge < -0.3 is 35.2 Å². The van der Waals surface area contributed by atoms with E-state index in [0.717, 1.165) is 23.1 Å². The zero-order valence-corrected chi connectivity index (χ0v) is 29.0. The number of ether oxygens (including phenoxy) is 2. The van der Waals surface area contributed by atoms with Gasteiger partial charge in [0.15, 0.2) is 12.4 Å². The fourth-order valence-corrected chi connectivity index (χ4v) is 5.03. The average Bonchev–Trinajstić information content (AvgIpc) is 3.49. The molecule has 1 atom stereocenters. The van der Waals surface area contributed by atoms with Gasteiger partial charge in [-0.3, -0.25) is 14.3 Å². The van der Waals surface area contributed by atoms with Crippen molar-refractivity contribution in [1.82, 2.24) is 20.0 Å². The van der Waals surface area contributed by atoms with Crippen LogP contribution in [0.2, 0.25) is 0 Å². The molecular weight excluding hydrogens is 659 g/mol. The first kappa shape index (κ1) is 39.8. The number of fused-ring (bicyclic) bond motifs is 1. The lowest BCUT2D eigenvalue weighted by atomic mass is 9.86. The summed E-state index contributed by atoms with van der Waals surface area (Å²) in [5, 5.41) is 27.6. The number of hydrogen-bond acceptors (Lipinski definition) is 8. The number of nitrogens with zero attached hydrogens (tertiary/aromatic N) is 3. The summed E-state index contributed by atoms with van der Waals surface area (Å²) in [5.41, 5.74) is 4.56. The lowest BCUT2D eigenvalue weighted by Crippen LogP contribution is -2.48. The van der Waals surface area contributed by atoms with Crippen molar-refractivity contribution >= 4 is 23.5 Å². The van der Waals surface area contributed by atoms with Crippen LogP contribution in [0.25, 0.3) is 11.1 Å². The predicted molar refractivity (Wildman–Crippen MR) is 181 cm³/mol. The van der Waals surface area contributed by atoms with Gasteiger partial charge >= 0.3 is 12.1 Å². The summed E-state index contributed by atoms with van der Waals surface area (Å²) in [4.78, 5) is 35.8. The SMILES string of the molecule is C[C@@H](N(CCNCCc1ccc(O)c2c1OCC(=O)N2)C(=O)CCOCCc1cccc(-c2cnn(C)c2)c1)C(C)(C)C.O=C(O)C(F)(F)F. The molecule has 1 aliphatic rings. The minimum atomic E-state index is -5.08. The number of anilines is 1. The second-order valence-corrected chi connectivity index (χ2v) is 12.9. The molecule has 0 fully saturated rings. The number of phenolic OH excluding ortho intramolecular Hbond substituents is 1. The van der Waals surface area contributed by atoms with Crippen LogP contribution in [-0.4, -0.2) is 94.4 Å². The Hall–Kier alpha value is -4.63. The number of aliphatic carboxylic acids is 1. The first-order valence-electron chi connectivity index (χ1n) is 16.2. The summed E-state index contributed by atoms with van der Waals surface area (Å²) in [5.74, 6) is -2.45. The zero-order chi connectivity index (χ0) is 37.1. The Morgan fingerprint density at radius 2 is 1.84 bits per heavy atom. The second-order valence-electron chi connectivity index (χ2n) is 12.9. The molecule has 274 valence electrons. The van der Waals surface area contributed by atoms with Crippen molar-refractivity contribution in [2.24, 2.45) is 12.5 Å². The number of aromatic nitrogens is 2. The number of carbonyl (C=O) groups excluding carboxylic acids is 2. The third kappa shape index (κ3) is 12.1. The lowest BCUT2D eigenvalue weighted by molar-refractivity contribution is -0.192. The van der Waals surface area contributed by atoms with Crippen molar-refractivity contribution in [2.75, 3.05) is 44.8 Å². The molecule has 0 unspecified atom stereocenters. The van der Waals surface area contributed by atoms with Gasteiger partial charge in [-0.25, -0.2) is 4.79 Å². The van der Waals surface area contributed by atoms with Gasteiger partial charge in [0.1, 0.15) is 11.4 Å². The fraction of sp³-hybridized carbons (Fsp3) is 0.486. The number of aromatic hydroxyl groups is 1. The van der Waals surface area contributed by atoms with Crippen molar-refractivity contribution in [3.63, 3.8) is 0 Å². The Kier molecular flexibility index (Phi) is 14.2. The van der Waals surface area contributed by atoms with E-state index in [-0.39, 0.29) is 35.6 Å². The van der Waals surface area contributed by atoms with Crippen molar-refractivity contribution in [2.45, 2.75) is 59.2 Å². The van der Waals surface area contributed by atoms with Crippen LogP contribution in [0.3, 0.4) is 0 Å². The molecule has 12 nitrogen and oxygen atoms in total. The van der Waals surface area contributed by atoms with Gasteiger partial charge in [-0.05, 0) is 54.5 Å². The lowest BCUT2D eigenvalue weighted by Gasteiger charge is -2.38. The van der Waals surface area contributed by atoms with Crippen LogP contribution in [0.4, 0.5) is 18.9 Å². The number of nitrogens with one attached hydrogen (secondary N) is 2. The number of phenols is 1. The summed E-state index contributed by atoms with van der Waals surface area (Å²) < 4.78 is 45.0. The van der Waals surface area contributed by atoms with Crippen molar-refractivity contribution < 1.29 is 47.2 Å². The van der Waals surface area contributed by atoms with E-state index >= 15 is 0 Å². The Bertz CT molecular complexity index is 1600. The molecule has 50 heavy (non-hydrogen) atoms. The summed E-state index contributed by atoms with van der Waals surface area (Å²) >= 11 is 0. The van der Waals surface area contributed by atoms with Crippen LogP contribution in [0.5, 0.6) is 11.5 Å². The standard InChI is InChI=1S/C33H45N5O5.C2HF3O2/c1-23(33(2,3)4)38(16-15-34-14-11-25-9-10-28(39)31-32(25)43-22-29(40)36-31)30(41)13-18-42-17-12-24-7-6-8-26(19-24)27-20-35-37(5)21-27;3-2(4,5)1(6)7/h6-10,19-21,23,34,39H,11-18,22H2,1-5H3,(H,36,40);(H,6,7)/t23-;/m1./s1. The summed E-state index contributed by atoms with van der Waals surface area (Å²) in [6, 6.07) is 11.8. The molecule has 2 aromatic carbocycles. The Balaban J connectivity index is 0.000000872. The highest BCUT2D eigenvalue weighted by Gasteiger charge is 2.38. The first-order valence-corrected chi connectivity index (χ1v) is 16.2. The molecule has 2 amide bonds. The van der Waals surface area contributed by atoms with E-state index in [4.69, 9.17) is 19.4 Å². The number of carboxylic acids is 1. The van der Waals surface area contributed by atoms with Crippen LogP contribution in [0.15, 0.2) is 48.8 Å². The largest absolute Gasteiger partial charge is 0.506 e. The number of alkyl halides is 3. The third-order valence-corrected chi connectivity index (χ3v) is 8.17. The molecule has 2 heterocycles.